The summed E-state index contributed by atoms with van der Waals surface area (Å²) in [5, 5.41) is 2.52. The number of aryl methyl sites for hydroxylation is 1. The van der Waals surface area contributed by atoms with Gasteiger partial charge in [0.15, 0.2) is 5.82 Å². The van der Waals surface area contributed by atoms with E-state index in [-0.39, 0.29) is 0 Å². The normalized spacial score (nSPS) is 10.8. The van der Waals surface area contributed by atoms with Gasteiger partial charge in [-0.05, 0) is 29.3 Å². The highest BCUT2D eigenvalue weighted by Gasteiger charge is 2.09. The summed E-state index contributed by atoms with van der Waals surface area (Å²) in [4.78, 5) is 9.19. The van der Waals surface area contributed by atoms with Gasteiger partial charge in [-0.15, -0.1) is 0 Å². The SMILES string of the molecule is Cc1c(-c2ccnc(-c3ccccc3)n2)ccc2ccccc12. The van der Waals surface area contributed by atoms with Crippen molar-refractivity contribution in [3.05, 3.63) is 84.6 Å². The summed E-state index contributed by atoms with van der Waals surface area (Å²) in [5.41, 5.74) is 4.40. The molecule has 23 heavy (non-hydrogen) atoms. The van der Waals surface area contributed by atoms with Crippen LogP contribution in [0.2, 0.25) is 0 Å². The summed E-state index contributed by atoms with van der Waals surface area (Å²) in [6, 6.07) is 24.8. The number of benzene rings is 3. The molecule has 2 heteroatoms. The number of hydrogen-bond acceptors (Lipinski definition) is 2. The molecule has 1 heterocycles. The van der Waals surface area contributed by atoms with E-state index in [0.717, 1.165) is 22.6 Å². The smallest absolute Gasteiger partial charge is 0.159 e. The van der Waals surface area contributed by atoms with Gasteiger partial charge in [-0.1, -0.05) is 66.7 Å². The molecule has 2 nitrogen and oxygen atoms in total. The Labute approximate surface area is 135 Å². The Bertz CT molecular complexity index is 975. The number of hydrogen-bond donors (Lipinski definition) is 0. The van der Waals surface area contributed by atoms with Gasteiger partial charge in [-0.2, -0.15) is 0 Å². The van der Waals surface area contributed by atoms with Crippen molar-refractivity contribution in [2.45, 2.75) is 6.92 Å². The van der Waals surface area contributed by atoms with Crippen LogP contribution in [-0.2, 0) is 0 Å². The van der Waals surface area contributed by atoms with E-state index in [1.165, 1.54) is 16.3 Å². The minimum Gasteiger partial charge on any atom is -0.237 e. The zero-order valence-corrected chi connectivity index (χ0v) is 12.9. The highest BCUT2D eigenvalue weighted by atomic mass is 14.9. The monoisotopic (exact) mass is 296 g/mol. The quantitative estimate of drug-likeness (QED) is 0.503. The maximum absolute atomic E-state index is 4.77. The van der Waals surface area contributed by atoms with Gasteiger partial charge in [-0.3, -0.25) is 0 Å². The zero-order valence-electron chi connectivity index (χ0n) is 12.9. The van der Waals surface area contributed by atoms with E-state index in [1.54, 1.807) is 0 Å². The van der Waals surface area contributed by atoms with Gasteiger partial charge < -0.3 is 0 Å². The molecule has 0 atom stereocenters. The lowest BCUT2D eigenvalue weighted by atomic mass is 9.98. The maximum Gasteiger partial charge on any atom is 0.159 e. The van der Waals surface area contributed by atoms with E-state index in [1.807, 2.05) is 42.6 Å². The first-order valence-corrected chi connectivity index (χ1v) is 7.70. The summed E-state index contributed by atoms with van der Waals surface area (Å²) >= 11 is 0. The van der Waals surface area contributed by atoms with Crippen molar-refractivity contribution in [1.29, 1.82) is 0 Å². The van der Waals surface area contributed by atoms with Gasteiger partial charge >= 0.3 is 0 Å². The second kappa shape index (κ2) is 5.65. The summed E-state index contributed by atoms with van der Waals surface area (Å²) in [6.45, 7) is 2.15. The summed E-state index contributed by atoms with van der Waals surface area (Å²) in [5.74, 6) is 0.760. The average molecular weight is 296 g/mol. The number of fused-ring (bicyclic) bond motifs is 1. The fourth-order valence-electron chi connectivity index (χ4n) is 2.94. The van der Waals surface area contributed by atoms with Gasteiger partial charge in [-0.25, -0.2) is 9.97 Å². The molecule has 0 radical (unpaired) electrons. The molecule has 3 aromatic carbocycles. The van der Waals surface area contributed by atoms with Crippen LogP contribution in [0.25, 0.3) is 33.4 Å². The topological polar surface area (TPSA) is 25.8 Å². The Morgan fingerprint density at radius 3 is 2.39 bits per heavy atom. The maximum atomic E-state index is 4.77. The highest BCUT2D eigenvalue weighted by molar-refractivity contribution is 5.91. The first-order valence-electron chi connectivity index (χ1n) is 7.70. The van der Waals surface area contributed by atoms with Crippen LogP contribution in [0.1, 0.15) is 5.56 Å². The molecule has 0 bridgehead atoms. The molecule has 1 aromatic heterocycles. The van der Waals surface area contributed by atoms with Crippen LogP contribution in [0.4, 0.5) is 0 Å². The Kier molecular flexibility index (Phi) is 3.35. The molecule has 0 spiro atoms. The van der Waals surface area contributed by atoms with Gasteiger partial charge in [0.05, 0.1) is 5.69 Å². The molecular weight excluding hydrogens is 280 g/mol. The largest absolute Gasteiger partial charge is 0.237 e. The molecule has 0 aliphatic carbocycles. The van der Waals surface area contributed by atoms with E-state index in [0.29, 0.717) is 0 Å². The third kappa shape index (κ3) is 2.49. The third-order valence-corrected chi connectivity index (χ3v) is 4.16. The number of nitrogens with zero attached hydrogens (tertiary/aromatic N) is 2. The molecular formula is C21H16N2. The predicted molar refractivity (Wildman–Crippen MR) is 95.1 cm³/mol. The lowest BCUT2D eigenvalue weighted by Crippen LogP contribution is -1.93. The fourth-order valence-corrected chi connectivity index (χ4v) is 2.94. The van der Waals surface area contributed by atoms with Gasteiger partial charge in [0, 0.05) is 17.3 Å². The van der Waals surface area contributed by atoms with Crippen LogP contribution in [0.3, 0.4) is 0 Å². The van der Waals surface area contributed by atoms with Crippen LogP contribution in [0.15, 0.2) is 79.0 Å². The van der Waals surface area contributed by atoms with Crippen LogP contribution < -0.4 is 0 Å². The lowest BCUT2D eigenvalue weighted by molar-refractivity contribution is 1.18. The van der Waals surface area contributed by atoms with Gasteiger partial charge in [0.25, 0.3) is 0 Å². The molecule has 0 aliphatic rings. The van der Waals surface area contributed by atoms with Crippen LogP contribution in [0, 0.1) is 6.92 Å². The summed E-state index contributed by atoms with van der Waals surface area (Å²) in [6.07, 6.45) is 1.83. The van der Waals surface area contributed by atoms with Crippen molar-refractivity contribution in [1.82, 2.24) is 9.97 Å². The Morgan fingerprint density at radius 2 is 1.52 bits per heavy atom. The molecule has 110 valence electrons. The number of aromatic nitrogens is 2. The van der Waals surface area contributed by atoms with Crippen molar-refractivity contribution in [3.8, 4) is 22.6 Å². The minimum atomic E-state index is 0.760. The van der Waals surface area contributed by atoms with Crippen molar-refractivity contribution in [2.24, 2.45) is 0 Å². The van der Waals surface area contributed by atoms with E-state index in [4.69, 9.17) is 4.98 Å². The standard InChI is InChI=1S/C21H16N2/c1-15-18-10-6-5-7-16(18)11-12-19(15)20-13-14-22-21(23-20)17-8-3-2-4-9-17/h2-14H,1H3. The van der Waals surface area contributed by atoms with Crippen molar-refractivity contribution >= 4 is 10.8 Å². The summed E-state index contributed by atoms with van der Waals surface area (Å²) in [7, 11) is 0. The second-order valence-electron chi connectivity index (χ2n) is 5.59. The van der Waals surface area contributed by atoms with Crippen LogP contribution in [0.5, 0.6) is 0 Å². The van der Waals surface area contributed by atoms with Gasteiger partial charge in [0.1, 0.15) is 0 Å². The van der Waals surface area contributed by atoms with Crippen LogP contribution >= 0.6 is 0 Å². The average Bonchev–Trinajstić information content (AvgIpc) is 2.63. The highest BCUT2D eigenvalue weighted by Crippen LogP contribution is 2.29. The lowest BCUT2D eigenvalue weighted by Gasteiger charge is -2.10. The first-order chi connectivity index (χ1) is 11.3. The fraction of sp³-hybridized carbons (Fsp3) is 0.0476. The van der Waals surface area contributed by atoms with Crippen molar-refractivity contribution < 1.29 is 0 Å². The molecule has 0 N–H and O–H groups in total. The summed E-state index contributed by atoms with van der Waals surface area (Å²) < 4.78 is 0. The Balaban J connectivity index is 1.87. The van der Waals surface area contributed by atoms with Gasteiger partial charge in [0.2, 0.25) is 0 Å². The predicted octanol–water partition coefficient (Wildman–Crippen LogP) is 5.27. The van der Waals surface area contributed by atoms with Crippen molar-refractivity contribution in [2.75, 3.05) is 0 Å². The molecule has 0 saturated carbocycles. The molecule has 4 rings (SSSR count). The Morgan fingerprint density at radius 1 is 0.739 bits per heavy atom. The van der Waals surface area contributed by atoms with Crippen molar-refractivity contribution in [3.63, 3.8) is 0 Å². The first kappa shape index (κ1) is 13.6. The van der Waals surface area contributed by atoms with E-state index < -0.39 is 0 Å². The van der Waals surface area contributed by atoms with E-state index in [2.05, 4.69) is 48.3 Å². The van der Waals surface area contributed by atoms with Crippen LogP contribution in [-0.4, -0.2) is 9.97 Å². The minimum absolute atomic E-state index is 0.760. The molecule has 0 unspecified atom stereocenters. The Hall–Kier alpha value is -3.00. The zero-order chi connectivity index (χ0) is 15.6. The van der Waals surface area contributed by atoms with E-state index in [9.17, 15) is 0 Å². The molecule has 0 amide bonds. The molecule has 0 aliphatic heterocycles. The second-order valence-corrected chi connectivity index (χ2v) is 5.59. The molecule has 4 aromatic rings. The third-order valence-electron chi connectivity index (χ3n) is 4.16. The van der Waals surface area contributed by atoms with E-state index >= 15 is 0 Å². The number of rotatable bonds is 2. The molecule has 0 saturated heterocycles. The molecule has 0 fully saturated rings.